The number of aliphatic hydroxyl groups is 1. The molecular formula is C35H34N2O5. The van der Waals surface area contributed by atoms with Gasteiger partial charge in [-0.15, -0.1) is 0 Å². The van der Waals surface area contributed by atoms with E-state index in [1.165, 1.54) is 6.92 Å². The van der Waals surface area contributed by atoms with E-state index in [0.29, 0.717) is 22.7 Å². The second-order valence-electron chi connectivity index (χ2n) is 11.0. The third-order valence-corrected chi connectivity index (χ3v) is 7.67. The monoisotopic (exact) mass is 562 g/mol. The molecule has 214 valence electrons. The highest BCUT2D eigenvalue weighted by atomic mass is 16.5. The number of Topliss-reactive ketones (excluding diaryl/α,β-unsaturated/α-hetero) is 1. The van der Waals surface area contributed by atoms with Crippen LogP contribution in [0.25, 0.3) is 0 Å². The van der Waals surface area contributed by atoms with Gasteiger partial charge in [0, 0.05) is 23.7 Å². The van der Waals surface area contributed by atoms with Crippen LogP contribution >= 0.6 is 0 Å². The number of amides is 2. The fourth-order valence-electron chi connectivity index (χ4n) is 5.80. The summed E-state index contributed by atoms with van der Waals surface area (Å²) >= 11 is 0. The van der Waals surface area contributed by atoms with Crippen LogP contribution in [0.15, 0.2) is 109 Å². The van der Waals surface area contributed by atoms with Gasteiger partial charge in [-0.25, -0.2) is 0 Å². The molecular weight excluding hydrogens is 528 g/mol. The van der Waals surface area contributed by atoms with Gasteiger partial charge in [0.25, 0.3) is 0 Å². The number of ketones is 1. The largest absolute Gasteiger partial charge is 0.489 e. The standard InChI is InChI=1S/C35H34N2O5/c1-23-12-11-13-24(20-23)22-42-29-19-10-9-18-27(29)30-31(33(39)36-25-14-5-3-6-15-25)28(38)21-35(2,41)32(30)34(40)37-26-16-7-4-8-17-26/h3-20,30-32,41H,21-22H2,1-2H3,(H,36,39)(H,37,40). The Morgan fingerprint density at radius 1 is 0.833 bits per heavy atom. The molecule has 2 amide bonds. The SMILES string of the molecule is Cc1cccc(COc2ccccc2C2C(C(=O)Nc3ccccc3)C(=O)CC(C)(O)C2C(=O)Nc2ccccc2)c1. The van der Waals surface area contributed by atoms with E-state index in [4.69, 9.17) is 4.74 Å². The minimum absolute atomic E-state index is 0.248. The predicted octanol–water partition coefficient (Wildman–Crippen LogP) is 5.89. The van der Waals surface area contributed by atoms with Gasteiger partial charge >= 0.3 is 0 Å². The lowest BCUT2D eigenvalue weighted by molar-refractivity contribution is -0.150. The van der Waals surface area contributed by atoms with Gasteiger partial charge in [0.1, 0.15) is 24.1 Å². The first kappa shape index (κ1) is 28.8. The fourth-order valence-corrected chi connectivity index (χ4v) is 5.80. The molecule has 5 rings (SSSR count). The fraction of sp³-hybridized carbons (Fsp3) is 0.229. The van der Waals surface area contributed by atoms with Gasteiger partial charge in [-0.1, -0.05) is 84.4 Å². The number of anilines is 2. The van der Waals surface area contributed by atoms with E-state index in [0.717, 1.165) is 11.1 Å². The van der Waals surface area contributed by atoms with E-state index in [-0.39, 0.29) is 13.0 Å². The van der Waals surface area contributed by atoms with Crippen molar-refractivity contribution in [3.8, 4) is 5.75 Å². The number of rotatable bonds is 8. The topological polar surface area (TPSA) is 105 Å². The second kappa shape index (κ2) is 12.4. The Morgan fingerprint density at radius 3 is 2.07 bits per heavy atom. The molecule has 1 aliphatic rings. The first-order chi connectivity index (χ1) is 20.2. The van der Waals surface area contributed by atoms with Crippen molar-refractivity contribution in [3.05, 3.63) is 126 Å². The number of carbonyl (C=O) groups excluding carboxylic acids is 3. The van der Waals surface area contributed by atoms with Crippen LogP contribution in [-0.2, 0) is 21.0 Å². The highest BCUT2D eigenvalue weighted by Gasteiger charge is 2.56. The average molecular weight is 563 g/mol. The first-order valence-corrected chi connectivity index (χ1v) is 14.0. The lowest BCUT2D eigenvalue weighted by Gasteiger charge is -2.44. The first-order valence-electron chi connectivity index (χ1n) is 14.0. The quantitative estimate of drug-likeness (QED) is 0.232. The molecule has 4 unspecified atom stereocenters. The molecule has 0 saturated heterocycles. The number of aryl methyl sites for hydroxylation is 1. The second-order valence-corrected chi connectivity index (χ2v) is 11.0. The number of nitrogens with one attached hydrogen (secondary N) is 2. The molecule has 0 spiro atoms. The molecule has 7 heteroatoms. The van der Waals surface area contributed by atoms with Crippen LogP contribution in [0.1, 0.15) is 36.0 Å². The van der Waals surface area contributed by atoms with E-state index in [1.54, 1.807) is 72.8 Å². The number of hydrogen-bond acceptors (Lipinski definition) is 5. The highest BCUT2D eigenvalue weighted by molar-refractivity contribution is 6.10. The third-order valence-electron chi connectivity index (χ3n) is 7.67. The predicted molar refractivity (Wildman–Crippen MR) is 162 cm³/mol. The summed E-state index contributed by atoms with van der Waals surface area (Å²) in [6.45, 7) is 3.73. The van der Waals surface area contributed by atoms with E-state index in [9.17, 15) is 19.5 Å². The molecule has 0 aromatic heterocycles. The van der Waals surface area contributed by atoms with Crippen LogP contribution in [-0.4, -0.2) is 28.3 Å². The summed E-state index contributed by atoms with van der Waals surface area (Å²) in [5, 5.41) is 17.4. The van der Waals surface area contributed by atoms with Crippen molar-refractivity contribution in [2.45, 2.75) is 38.4 Å². The van der Waals surface area contributed by atoms with Gasteiger partial charge in [-0.3, -0.25) is 14.4 Å². The van der Waals surface area contributed by atoms with Crippen LogP contribution in [0.3, 0.4) is 0 Å². The van der Waals surface area contributed by atoms with E-state index in [2.05, 4.69) is 10.6 Å². The van der Waals surface area contributed by atoms with Crippen molar-refractivity contribution in [1.82, 2.24) is 0 Å². The maximum atomic E-state index is 14.0. The van der Waals surface area contributed by atoms with Crippen molar-refractivity contribution in [2.24, 2.45) is 11.8 Å². The normalized spacial score (nSPS) is 21.8. The number of benzene rings is 4. The van der Waals surface area contributed by atoms with E-state index in [1.807, 2.05) is 43.3 Å². The van der Waals surface area contributed by atoms with Gasteiger partial charge in [0.2, 0.25) is 11.8 Å². The summed E-state index contributed by atoms with van der Waals surface area (Å²) in [5.41, 5.74) is 1.89. The summed E-state index contributed by atoms with van der Waals surface area (Å²) in [6, 6.07) is 32.8. The van der Waals surface area contributed by atoms with Crippen molar-refractivity contribution >= 4 is 29.0 Å². The molecule has 0 bridgehead atoms. The Balaban J connectivity index is 1.57. The Hall–Kier alpha value is -4.75. The van der Waals surface area contributed by atoms with Crippen LogP contribution < -0.4 is 15.4 Å². The molecule has 3 N–H and O–H groups in total. The summed E-state index contributed by atoms with van der Waals surface area (Å²) < 4.78 is 6.27. The number of carbonyl (C=O) groups is 3. The van der Waals surface area contributed by atoms with Gasteiger partial charge in [0.05, 0.1) is 11.5 Å². The molecule has 0 aliphatic heterocycles. The third kappa shape index (κ3) is 6.42. The van der Waals surface area contributed by atoms with Crippen molar-refractivity contribution in [2.75, 3.05) is 10.6 Å². The minimum Gasteiger partial charge on any atom is -0.489 e. The molecule has 1 fully saturated rings. The zero-order valence-corrected chi connectivity index (χ0v) is 23.6. The summed E-state index contributed by atoms with van der Waals surface area (Å²) in [6.07, 6.45) is -0.352. The average Bonchev–Trinajstić information content (AvgIpc) is 2.96. The minimum atomic E-state index is -1.73. The van der Waals surface area contributed by atoms with Crippen LogP contribution in [0, 0.1) is 18.8 Å². The maximum Gasteiger partial charge on any atom is 0.235 e. The van der Waals surface area contributed by atoms with Crippen LogP contribution in [0.2, 0.25) is 0 Å². The molecule has 0 heterocycles. The van der Waals surface area contributed by atoms with E-state index < -0.39 is 41.0 Å². The number of ether oxygens (including phenoxy) is 1. The maximum absolute atomic E-state index is 14.0. The van der Waals surface area contributed by atoms with Crippen molar-refractivity contribution in [1.29, 1.82) is 0 Å². The van der Waals surface area contributed by atoms with Gasteiger partial charge < -0.3 is 20.5 Å². The number of hydrogen-bond donors (Lipinski definition) is 3. The van der Waals surface area contributed by atoms with Gasteiger partial charge in [-0.2, -0.15) is 0 Å². The molecule has 7 nitrogen and oxygen atoms in total. The number of para-hydroxylation sites is 3. The smallest absolute Gasteiger partial charge is 0.235 e. The molecule has 1 saturated carbocycles. The zero-order chi connectivity index (χ0) is 29.7. The zero-order valence-electron chi connectivity index (χ0n) is 23.6. The van der Waals surface area contributed by atoms with Gasteiger partial charge in [0.15, 0.2) is 0 Å². The molecule has 1 aliphatic carbocycles. The van der Waals surface area contributed by atoms with E-state index >= 15 is 0 Å². The van der Waals surface area contributed by atoms with Crippen molar-refractivity contribution < 1.29 is 24.2 Å². The summed E-state index contributed by atoms with van der Waals surface area (Å²) in [7, 11) is 0. The molecule has 4 aromatic rings. The van der Waals surface area contributed by atoms with Gasteiger partial charge in [-0.05, 0) is 55.3 Å². The molecule has 0 radical (unpaired) electrons. The van der Waals surface area contributed by atoms with Crippen molar-refractivity contribution in [3.63, 3.8) is 0 Å². The Bertz CT molecular complexity index is 1570. The highest BCUT2D eigenvalue weighted by Crippen LogP contribution is 2.49. The molecule has 42 heavy (non-hydrogen) atoms. The molecule has 4 aromatic carbocycles. The Morgan fingerprint density at radius 2 is 1.43 bits per heavy atom. The molecule has 4 atom stereocenters. The lowest BCUT2D eigenvalue weighted by atomic mass is 9.61. The van der Waals surface area contributed by atoms with Crippen LogP contribution in [0.4, 0.5) is 11.4 Å². The summed E-state index contributed by atoms with van der Waals surface area (Å²) in [5.74, 6) is -4.46. The van der Waals surface area contributed by atoms with Crippen LogP contribution in [0.5, 0.6) is 5.75 Å². The summed E-state index contributed by atoms with van der Waals surface area (Å²) in [4.78, 5) is 41.5. The lowest BCUT2D eigenvalue weighted by Crippen LogP contribution is -2.56. The Labute approximate surface area is 245 Å². The Kier molecular flexibility index (Phi) is 8.50.